The number of nitrogens with zero attached hydrogens (tertiary/aromatic N) is 4. The number of nitrogens with one attached hydrogen (secondary N) is 1. The number of aryl methyl sites for hydroxylation is 2. The highest BCUT2D eigenvalue weighted by Gasteiger charge is 2.25. The molecule has 2 aromatic heterocycles. The van der Waals surface area contributed by atoms with Gasteiger partial charge in [0.1, 0.15) is 17.9 Å². The number of pyridine rings is 1. The van der Waals surface area contributed by atoms with Crippen LogP contribution in [-0.4, -0.2) is 19.9 Å². The maximum atomic E-state index is 11.6. The topological polar surface area (TPSA) is 103 Å². The van der Waals surface area contributed by atoms with E-state index in [1.807, 2.05) is 19.9 Å². The van der Waals surface area contributed by atoms with Crippen molar-refractivity contribution in [3.63, 3.8) is 0 Å². The predicted molar refractivity (Wildman–Crippen MR) is 97.2 cm³/mol. The Kier molecular flexibility index (Phi) is 4.94. The first-order valence-electron chi connectivity index (χ1n) is 7.57. The monoisotopic (exact) mass is 371 g/mol. The molecular formula is C17H14ClN5O3. The quantitative estimate of drug-likeness (QED) is 0.516. The number of aromatic nitrogens is 3. The molecule has 3 aromatic rings. The third-order valence-electron chi connectivity index (χ3n) is 3.64. The van der Waals surface area contributed by atoms with E-state index in [0.717, 1.165) is 11.1 Å². The molecule has 0 spiro atoms. The highest BCUT2D eigenvalue weighted by atomic mass is 35.5. The summed E-state index contributed by atoms with van der Waals surface area (Å²) in [5, 5.41) is 14.8. The van der Waals surface area contributed by atoms with Crippen LogP contribution in [0.2, 0.25) is 5.02 Å². The largest absolute Gasteiger partial charge is 0.434 e. The molecule has 0 bridgehead atoms. The summed E-state index contributed by atoms with van der Waals surface area (Å²) in [5.41, 5.74) is 1.70. The molecule has 0 saturated carbocycles. The van der Waals surface area contributed by atoms with E-state index in [9.17, 15) is 10.1 Å². The molecular weight excluding hydrogens is 358 g/mol. The second kappa shape index (κ2) is 7.32. The molecule has 1 N–H and O–H groups in total. The van der Waals surface area contributed by atoms with E-state index < -0.39 is 4.92 Å². The molecule has 0 unspecified atom stereocenters. The van der Waals surface area contributed by atoms with Gasteiger partial charge in [-0.1, -0.05) is 17.7 Å². The zero-order valence-corrected chi connectivity index (χ0v) is 14.7. The van der Waals surface area contributed by atoms with Gasteiger partial charge in [0.25, 0.3) is 0 Å². The Bertz CT molecular complexity index is 963. The molecule has 0 atom stereocenters. The van der Waals surface area contributed by atoms with Crippen molar-refractivity contribution < 1.29 is 9.66 Å². The maximum Gasteiger partial charge on any atom is 0.373 e. The van der Waals surface area contributed by atoms with Crippen molar-refractivity contribution in [1.29, 1.82) is 0 Å². The Balaban J connectivity index is 1.96. The second-order valence-corrected chi connectivity index (χ2v) is 5.90. The summed E-state index contributed by atoms with van der Waals surface area (Å²) >= 11 is 5.79. The number of rotatable bonds is 5. The van der Waals surface area contributed by atoms with Crippen LogP contribution in [0.5, 0.6) is 11.6 Å². The van der Waals surface area contributed by atoms with Gasteiger partial charge < -0.3 is 10.1 Å². The van der Waals surface area contributed by atoms with Gasteiger partial charge in [-0.05, 0) is 49.2 Å². The van der Waals surface area contributed by atoms with Crippen molar-refractivity contribution in [2.75, 3.05) is 5.32 Å². The van der Waals surface area contributed by atoms with Crippen LogP contribution in [0.15, 0.2) is 42.9 Å². The first-order chi connectivity index (χ1) is 12.4. The van der Waals surface area contributed by atoms with Crippen molar-refractivity contribution in [2.45, 2.75) is 13.8 Å². The molecule has 0 aliphatic heterocycles. The summed E-state index contributed by atoms with van der Waals surface area (Å²) in [6.45, 7) is 3.89. The normalized spacial score (nSPS) is 10.4. The van der Waals surface area contributed by atoms with Gasteiger partial charge >= 0.3 is 11.6 Å². The second-order valence-electron chi connectivity index (χ2n) is 5.47. The number of anilines is 2. The van der Waals surface area contributed by atoms with E-state index in [2.05, 4.69) is 20.3 Å². The van der Waals surface area contributed by atoms with E-state index in [-0.39, 0.29) is 17.4 Å². The van der Waals surface area contributed by atoms with Crippen molar-refractivity contribution in [3.05, 3.63) is 69.1 Å². The van der Waals surface area contributed by atoms with E-state index >= 15 is 0 Å². The summed E-state index contributed by atoms with van der Waals surface area (Å²) in [6.07, 6.45) is 2.60. The van der Waals surface area contributed by atoms with Gasteiger partial charge in [-0.15, -0.1) is 0 Å². The summed E-state index contributed by atoms with van der Waals surface area (Å²) in [6, 6.07) is 8.57. The molecule has 0 saturated heterocycles. The highest BCUT2D eigenvalue weighted by Crippen LogP contribution is 2.35. The van der Waals surface area contributed by atoms with Gasteiger partial charge in [-0.25, -0.2) is 9.97 Å². The first-order valence-corrected chi connectivity index (χ1v) is 7.95. The van der Waals surface area contributed by atoms with Gasteiger partial charge in [0, 0.05) is 6.20 Å². The van der Waals surface area contributed by atoms with Crippen LogP contribution >= 0.6 is 11.6 Å². The standard InChI is InChI=1S/C17H14ClN5O3/c1-10-3-5-13(7-11(10)2)26-17-15(23(24)25)16(20-9-21-17)22-14-6-4-12(18)8-19-14/h3-9H,1-2H3,(H,19,20,21,22). The zero-order chi connectivity index (χ0) is 18.7. The third-order valence-corrected chi connectivity index (χ3v) is 3.86. The Morgan fingerprint density at radius 2 is 1.92 bits per heavy atom. The van der Waals surface area contributed by atoms with Crippen molar-refractivity contribution >= 4 is 28.9 Å². The minimum atomic E-state index is -0.603. The van der Waals surface area contributed by atoms with Crippen LogP contribution in [0.4, 0.5) is 17.3 Å². The molecule has 2 heterocycles. The van der Waals surface area contributed by atoms with Crippen LogP contribution in [0.3, 0.4) is 0 Å². The van der Waals surface area contributed by atoms with Crippen molar-refractivity contribution in [1.82, 2.24) is 15.0 Å². The number of benzene rings is 1. The lowest BCUT2D eigenvalue weighted by Gasteiger charge is -2.10. The number of hydrogen-bond donors (Lipinski definition) is 1. The van der Waals surface area contributed by atoms with Gasteiger partial charge in [0.15, 0.2) is 0 Å². The minimum Gasteiger partial charge on any atom is -0.434 e. The fraction of sp³-hybridized carbons (Fsp3) is 0.118. The first kappa shape index (κ1) is 17.6. The molecule has 0 amide bonds. The fourth-order valence-corrected chi connectivity index (χ4v) is 2.27. The van der Waals surface area contributed by atoms with Gasteiger partial charge in [0.05, 0.1) is 9.95 Å². The SMILES string of the molecule is Cc1ccc(Oc2ncnc(Nc3ccc(Cl)cn3)c2[N+](=O)[O-])cc1C. The molecule has 0 radical (unpaired) electrons. The number of hydrogen-bond acceptors (Lipinski definition) is 7. The average molecular weight is 372 g/mol. The van der Waals surface area contributed by atoms with Gasteiger partial charge in [0.2, 0.25) is 5.82 Å². The Hall–Kier alpha value is -3.26. The smallest absolute Gasteiger partial charge is 0.373 e. The summed E-state index contributed by atoms with van der Waals surface area (Å²) in [4.78, 5) is 22.8. The van der Waals surface area contributed by atoms with Gasteiger partial charge in [-0.2, -0.15) is 4.98 Å². The summed E-state index contributed by atoms with van der Waals surface area (Å²) in [5.74, 6) is 0.613. The molecule has 9 heteroatoms. The highest BCUT2D eigenvalue weighted by molar-refractivity contribution is 6.30. The number of halogens is 1. The van der Waals surface area contributed by atoms with Crippen LogP contribution < -0.4 is 10.1 Å². The predicted octanol–water partition coefficient (Wildman–Crippen LogP) is 4.59. The maximum absolute atomic E-state index is 11.6. The zero-order valence-electron chi connectivity index (χ0n) is 13.9. The number of ether oxygens (including phenoxy) is 1. The van der Waals surface area contributed by atoms with Crippen LogP contribution in [0, 0.1) is 24.0 Å². The molecule has 132 valence electrons. The van der Waals surface area contributed by atoms with E-state index in [1.165, 1.54) is 12.5 Å². The Morgan fingerprint density at radius 3 is 2.58 bits per heavy atom. The molecule has 0 fully saturated rings. The van der Waals surface area contributed by atoms with E-state index in [4.69, 9.17) is 16.3 Å². The molecule has 0 aliphatic carbocycles. The van der Waals surface area contributed by atoms with Crippen LogP contribution in [0.25, 0.3) is 0 Å². The summed E-state index contributed by atoms with van der Waals surface area (Å²) < 4.78 is 5.63. The summed E-state index contributed by atoms with van der Waals surface area (Å²) in [7, 11) is 0. The average Bonchev–Trinajstić information content (AvgIpc) is 2.60. The van der Waals surface area contributed by atoms with Crippen LogP contribution in [0.1, 0.15) is 11.1 Å². The molecule has 3 rings (SSSR count). The Morgan fingerprint density at radius 1 is 1.12 bits per heavy atom. The number of nitro groups is 1. The minimum absolute atomic E-state index is 0.0290. The lowest BCUT2D eigenvalue weighted by Crippen LogP contribution is -2.04. The molecule has 26 heavy (non-hydrogen) atoms. The van der Waals surface area contributed by atoms with Gasteiger partial charge in [-0.3, -0.25) is 10.1 Å². The third kappa shape index (κ3) is 3.86. The lowest BCUT2D eigenvalue weighted by molar-refractivity contribution is -0.385. The molecule has 0 aliphatic rings. The molecule has 8 nitrogen and oxygen atoms in total. The van der Waals surface area contributed by atoms with E-state index in [0.29, 0.717) is 16.6 Å². The van der Waals surface area contributed by atoms with E-state index in [1.54, 1.807) is 24.3 Å². The van der Waals surface area contributed by atoms with Crippen molar-refractivity contribution in [2.24, 2.45) is 0 Å². The Labute approximate surface area is 154 Å². The van der Waals surface area contributed by atoms with Crippen molar-refractivity contribution in [3.8, 4) is 11.6 Å². The lowest BCUT2D eigenvalue weighted by atomic mass is 10.1. The molecule has 1 aromatic carbocycles. The fourth-order valence-electron chi connectivity index (χ4n) is 2.15. The van der Waals surface area contributed by atoms with Crippen LogP contribution in [-0.2, 0) is 0 Å².